The fraction of sp³-hybridized carbons (Fsp3) is 0.350. The summed E-state index contributed by atoms with van der Waals surface area (Å²) in [5.74, 6) is 0.689. The lowest BCUT2D eigenvalue weighted by atomic mass is 9.96. The van der Waals surface area contributed by atoms with Crippen molar-refractivity contribution in [1.82, 2.24) is 15.2 Å². The first-order chi connectivity index (χ1) is 12.9. The first-order valence-corrected chi connectivity index (χ1v) is 9.93. The Kier molecular flexibility index (Phi) is 5.40. The number of piperidine rings is 1. The minimum absolute atomic E-state index is 0.689. The molecule has 134 valence electrons. The van der Waals surface area contributed by atoms with Gasteiger partial charge in [0.25, 0.3) is 0 Å². The molecule has 1 aromatic carbocycles. The van der Waals surface area contributed by atoms with E-state index in [4.69, 9.17) is 0 Å². The van der Waals surface area contributed by atoms with Crippen molar-refractivity contribution < 1.29 is 0 Å². The molecule has 26 heavy (non-hydrogen) atoms. The van der Waals surface area contributed by atoms with Crippen LogP contribution in [0, 0.1) is 5.92 Å². The lowest BCUT2D eigenvalue weighted by molar-refractivity contribution is 0.423. The summed E-state index contributed by atoms with van der Waals surface area (Å²) in [4.78, 5) is 6.54. The summed E-state index contributed by atoms with van der Waals surface area (Å²) in [5, 5.41) is 14.1. The molecule has 0 unspecified atom stereocenters. The Bertz CT molecular complexity index is 797. The predicted molar refractivity (Wildman–Crippen MR) is 107 cm³/mol. The van der Waals surface area contributed by atoms with Gasteiger partial charge in [-0.25, -0.2) is 0 Å². The van der Waals surface area contributed by atoms with Crippen LogP contribution < -0.4 is 10.2 Å². The van der Waals surface area contributed by atoms with Crippen LogP contribution in [0.3, 0.4) is 0 Å². The van der Waals surface area contributed by atoms with Gasteiger partial charge in [-0.3, -0.25) is 4.98 Å². The van der Waals surface area contributed by atoms with Crippen molar-refractivity contribution in [3.05, 3.63) is 65.4 Å². The average molecular weight is 366 g/mol. The highest BCUT2D eigenvalue weighted by Gasteiger charge is 2.19. The molecule has 1 aliphatic rings. The zero-order chi connectivity index (χ0) is 17.6. The zero-order valence-corrected chi connectivity index (χ0v) is 15.5. The van der Waals surface area contributed by atoms with E-state index in [1.54, 1.807) is 11.3 Å². The van der Waals surface area contributed by atoms with Crippen molar-refractivity contribution in [2.24, 2.45) is 5.92 Å². The normalized spacial score (nSPS) is 15.2. The number of nitrogens with zero attached hydrogens (tertiary/aromatic N) is 4. The Morgan fingerprint density at radius 3 is 2.54 bits per heavy atom. The average Bonchev–Trinajstić information content (AvgIpc) is 3.16. The van der Waals surface area contributed by atoms with E-state index < -0.39 is 0 Å². The molecule has 0 atom stereocenters. The van der Waals surface area contributed by atoms with Gasteiger partial charge in [0.1, 0.15) is 5.01 Å². The second kappa shape index (κ2) is 8.27. The number of hydrogen-bond acceptors (Lipinski definition) is 6. The molecule has 6 heteroatoms. The highest BCUT2D eigenvalue weighted by Crippen LogP contribution is 2.24. The Labute approximate surface area is 158 Å². The van der Waals surface area contributed by atoms with Gasteiger partial charge in [-0.05, 0) is 36.5 Å². The number of benzene rings is 1. The van der Waals surface area contributed by atoms with Gasteiger partial charge in [0, 0.05) is 44.1 Å². The molecular formula is C20H23N5S. The topological polar surface area (TPSA) is 53.9 Å². The molecule has 0 aliphatic carbocycles. The number of pyridine rings is 1. The molecular weight excluding hydrogens is 342 g/mol. The van der Waals surface area contributed by atoms with Crippen LogP contribution in [-0.4, -0.2) is 34.8 Å². The Balaban J connectivity index is 1.24. The van der Waals surface area contributed by atoms with Crippen molar-refractivity contribution in [2.45, 2.75) is 19.3 Å². The molecule has 0 spiro atoms. The van der Waals surface area contributed by atoms with Gasteiger partial charge in [-0.1, -0.05) is 41.7 Å². The molecule has 0 amide bonds. The van der Waals surface area contributed by atoms with Crippen LogP contribution in [0.4, 0.5) is 10.8 Å². The van der Waals surface area contributed by atoms with E-state index in [2.05, 4.69) is 61.8 Å². The summed E-state index contributed by atoms with van der Waals surface area (Å²) >= 11 is 1.66. The maximum absolute atomic E-state index is 4.32. The number of nitrogens with one attached hydrogen (secondary N) is 1. The van der Waals surface area contributed by atoms with Crippen LogP contribution in [0.15, 0.2) is 54.9 Å². The first kappa shape index (κ1) is 17.0. The standard InChI is InChI=1S/C20H23N5S/c1-2-4-16(5-3-1)14-19-23-24-20(26-19)22-15-17-8-12-25(13-9-17)18-6-10-21-11-7-18/h1-7,10-11,17H,8-9,12-15H2,(H,22,24). The van der Waals surface area contributed by atoms with Crippen molar-refractivity contribution >= 4 is 22.2 Å². The molecule has 4 rings (SSSR count). The third-order valence-electron chi connectivity index (χ3n) is 4.85. The number of anilines is 2. The van der Waals surface area contributed by atoms with E-state index in [1.165, 1.54) is 24.1 Å². The van der Waals surface area contributed by atoms with Gasteiger partial charge in [0.2, 0.25) is 5.13 Å². The number of rotatable bonds is 6. The number of aromatic nitrogens is 3. The summed E-state index contributed by atoms with van der Waals surface area (Å²) in [6.07, 6.45) is 6.98. The molecule has 1 N–H and O–H groups in total. The third-order valence-corrected chi connectivity index (χ3v) is 5.73. The monoisotopic (exact) mass is 365 g/mol. The molecule has 1 saturated heterocycles. The van der Waals surface area contributed by atoms with Gasteiger partial charge < -0.3 is 10.2 Å². The highest BCUT2D eigenvalue weighted by atomic mass is 32.1. The van der Waals surface area contributed by atoms with E-state index in [0.717, 1.165) is 36.2 Å². The molecule has 0 saturated carbocycles. The second-order valence-electron chi connectivity index (χ2n) is 6.68. The second-order valence-corrected chi connectivity index (χ2v) is 7.74. The van der Waals surface area contributed by atoms with Crippen molar-refractivity contribution in [3.8, 4) is 0 Å². The van der Waals surface area contributed by atoms with E-state index in [1.807, 2.05) is 18.5 Å². The van der Waals surface area contributed by atoms with Gasteiger partial charge in [-0.2, -0.15) is 0 Å². The van der Waals surface area contributed by atoms with Crippen LogP contribution in [-0.2, 0) is 6.42 Å². The summed E-state index contributed by atoms with van der Waals surface area (Å²) in [6, 6.07) is 14.6. The SMILES string of the molecule is c1ccc(Cc2nnc(NCC3CCN(c4ccncc4)CC3)s2)cc1. The van der Waals surface area contributed by atoms with Gasteiger partial charge in [-0.15, -0.1) is 10.2 Å². The maximum Gasteiger partial charge on any atom is 0.205 e. The fourth-order valence-corrected chi connectivity index (χ4v) is 4.13. The summed E-state index contributed by atoms with van der Waals surface area (Å²) in [5.41, 5.74) is 2.56. The molecule has 2 aromatic heterocycles. The van der Waals surface area contributed by atoms with Gasteiger partial charge >= 0.3 is 0 Å². The lowest BCUT2D eigenvalue weighted by Crippen LogP contribution is -2.35. The summed E-state index contributed by atoms with van der Waals surface area (Å²) in [7, 11) is 0. The Morgan fingerprint density at radius 2 is 1.77 bits per heavy atom. The van der Waals surface area contributed by atoms with Crippen LogP contribution in [0.2, 0.25) is 0 Å². The Hall–Kier alpha value is -2.47. The van der Waals surface area contributed by atoms with E-state index in [9.17, 15) is 0 Å². The fourth-order valence-electron chi connectivity index (χ4n) is 3.35. The van der Waals surface area contributed by atoms with E-state index in [0.29, 0.717) is 5.92 Å². The largest absolute Gasteiger partial charge is 0.371 e. The molecule has 0 radical (unpaired) electrons. The zero-order valence-electron chi connectivity index (χ0n) is 14.7. The van der Waals surface area contributed by atoms with Crippen LogP contribution in [0.1, 0.15) is 23.4 Å². The molecule has 3 heterocycles. The van der Waals surface area contributed by atoms with Crippen molar-refractivity contribution in [3.63, 3.8) is 0 Å². The smallest absolute Gasteiger partial charge is 0.205 e. The van der Waals surface area contributed by atoms with Crippen LogP contribution >= 0.6 is 11.3 Å². The molecule has 5 nitrogen and oxygen atoms in total. The minimum Gasteiger partial charge on any atom is -0.371 e. The van der Waals surface area contributed by atoms with Crippen molar-refractivity contribution in [1.29, 1.82) is 0 Å². The van der Waals surface area contributed by atoms with E-state index in [-0.39, 0.29) is 0 Å². The minimum atomic E-state index is 0.689. The summed E-state index contributed by atoms with van der Waals surface area (Å²) < 4.78 is 0. The lowest BCUT2D eigenvalue weighted by Gasteiger charge is -2.33. The van der Waals surface area contributed by atoms with Gasteiger partial charge in [0.15, 0.2) is 0 Å². The van der Waals surface area contributed by atoms with Crippen LogP contribution in [0.5, 0.6) is 0 Å². The maximum atomic E-state index is 4.32. The Morgan fingerprint density at radius 1 is 1.00 bits per heavy atom. The molecule has 0 bridgehead atoms. The molecule has 1 aliphatic heterocycles. The first-order valence-electron chi connectivity index (χ1n) is 9.12. The van der Waals surface area contributed by atoms with Gasteiger partial charge in [0.05, 0.1) is 0 Å². The molecule has 1 fully saturated rings. The van der Waals surface area contributed by atoms with E-state index >= 15 is 0 Å². The number of hydrogen-bond donors (Lipinski definition) is 1. The molecule has 3 aromatic rings. The predicted octanol–water partition coefficient (Wildman–Crippen LogP) is 3.85. The third kappa shape index (κ3) is 4.38. The quantitative estimate of drug-likeness (QED) is 0.719. The van der Waals surface area contributed by atoms with Crippen LogP contribution in [0.25, 0.3) is 0 Å². The van der Waals surface area contributed by atoms with Crippen molar-refractivity contribution in [2.75, 3.05) is 29.9 Å². The highest BCUT2D eigenvalue weighted by molar-refractivity contribution is 7.15. The summed E-state index contributed by atoms with van der Waals surface area (Å²) in [6.45, 7) is 3.18.